The standard InChI is InChI=1S/C19H21N3O3S/c23-18-20-21-19(22(18)13-17-6-3-9-24-17)26-11-10-25-16-8-7-14-4-1-2-5-15(14)12-16/h1-2,4-5,7-8,12,17H,3,6,9-11,13H2,(H,20,23). The molecule has 0 radical (unpaired) electrons. The fourth-order valence-electron chi connectivity index (χ4n) is 3.12. The number of thioether (sulfide) groups is 1. The lowest BCUT2D eigenvalue weighted by Crippen LogP contribution is -2.25. The Morgan fingerprint density at radius 1 is 1.27 bits per heavy atom. The first-order valence-electron chi connectivity index (χ1n) is 8.81. The van der Waals surface area contributed by atoms with Crippen molar-refractivity contribution in [2.24, 2.45) is 0 Å². The molecule has 0 spiro atoms. The molecule has 1 atom stereocenters. The number of hydrogen-bond acceptors (Lipinski definition) is 5. The second-order valence-electron chi connectivity index (χ2n) is 6.26. The van der Waals surface area contributed by atoms with E-state index >= 15 is 0 Å². The van der Waals surface area contributed by atoms with E-state index in [4.69, 9.17) is 9.47 Å². The Morgan fingerprint density at radius 2 is 2.15 bits per heavy atom. The van der Waals surface area contributed by atoms with E-state index in [9.17, 15) is 4.79 Å². The van der Waals surface area contributed by atoms with Gasteiger partial charge in [-0.25, -0.2) is 9.89 Å². The smallest absolute Gasteiger partial charge is 0.344 e. The number of H-pyrrole nitrogens is 1. The summed E-state index contributed by atoms with van der Waals surface area (Å²) < 4.78 is 13.1. The van der Waals surface area contributed by atoms with Gasteiger partial charge in [0.05, 0.1) is 19.3 Å². The van der Waals surface area contributed by atoms with E-state index < -0.39 is 0 Å². The van der Waals surface area contributed by atoms with Crippen LogP contribution in [-0.4, -0.2) is 39.8 Å². The van der Waals surface area contributed by atoms with Crippen LogP contribution in [0.3, 0.4) is 0 Å². The maximum atomic E-state index is 12.0. The van der Waals surface area contributed by atoms with Crippen LogP contribution in [0.15, 0.2) is 52.4 Å². The highest BCUT2D eigenvalue weighted by Gasteiger charge is 2.19. The molecule has 136 valence electrons. The predicted octanol–water partition coefficient (Wildman–Crippen LogP) is 3.07. The van der Waals surface area contributed by atoms with Gasteiger partial charge in [0.15, 0.2) is 5.16 Å². The molecule has 7 heteroatoms. The Balaban J connectivity index is 1.32. The van der Waals surface area contributed by atoms with Crippen molar-refractivity contribution in [2.75, 3.05) is 19.0 Å². The molecule has 0 saturated carbocycles. The Morgan fingerprint density at radius 3 is 3.00 bits per heavy atom. The molecule has 3 aromatic rings. The van der Waals surface area contributed by atoms with Crippen LogP contribution in [0.25, 0.3) is 10.8 Å². The molecule has 6 nitrogen and oxygen atoms in total. The minimum Gasteiger partial charge on any atom is -0.493 e. The lowest BCUT2D eigenvalue weighted by atomic mass is 10.1. The van der Waals surface area contributed by atoms with Crippen molar-refractivity contribution >= 4 is 22.5 Å². The Hall–Kier alpha value is -2.25. The number of nitrogens with zero attached hydrogens (tertiary/aromatic N) is 2. The average molecular weight is 371 g/mol. The van der Waals surface area contributed by atoms with Gasteiger partial charge in [0.25, 0.3) is 0 Å². The van der Waals surface area contributed by atoms with Crippen LogP contribution in [0.4, 0.5) is 0 Å². The van der Waals surface area contributed by atoms with E-state index in [0.29, 0.717) is 24.1 Å². The molecule has 1 N–H and O–H groups in total. The van der Waals surface area contributed by atoms with Crippen LogP contribution in [-0.2, 0) is 11.3 Å². The number of fused-ring (bicyclic) bond motifs is 1. The van der Waals surface area contributed by atoms with Gasteiger partial charge in [0.1, 0.15) is 5.75 Å². The first-order valence-corrected chi connectivity index (χ1v) is 9.79. The van der Waals surface area contributed by atoms with E-state index in [1.165, 1.54) is 17.1 Å². The van der Waals surface area contributed by atoms with Gasteiger partial charge >= 0.3 is 5.69 Å². The van der Waals surface area contributed by atoms with Gasteiger partial charge in [-0.2, -0.15) is 0 Å². The van der Waals surface area contributed by atoms with Gasteiger partial charge in [0.2, 0.25) is 0 Å². The molecule has 0 aliphatic carbocycles. The number of rotatable bonds is 7. The van der Waals surface area contributed by atoms with Crippen molar-refractivity contribution in [3.8, 4) is 5.75 Å². The number of aromatic amines is 1. The van der Waals surface area contributed by atoms with Gasteiger partial charge in [0, 0.05) is 12.4 Å². The zero-order valence-corrected chi connectivity index (χ0v) is 15.2. The highest BCUT2D eigenvalue weighted by atomic mass is 32.2. The molecular weight excluding hydrogens is 350 g/mol. The highest BCUT2D eigenvalue weighted by molar-refractivity contribution is 7.99. The lowest BCUT2D eigenvalue weighted by Gasteiger charge is -2.11. The van der Waals surface area contributed by atoms with Crippen molar-refractivity contribution in [3.05, 3.63) is 52.9 Å². The summed E-state index contributed by atoms with van der Waals surface area (Å²) in [7, 11) is 0. The molecule has 4 rings (SSSR count). The van der Waals surface area contributed by atoms with Crippen LogP contribution < -0.4 is 10.4 Å². The zero-order valence-electron chi connectivity index (χ0n) is 14.4. The fraction of sp³-hybridized carbons (Fsp3) is 0.368. The Bertz CT molecular complexity index is 931. The summed E-state index contributed by atoms with van der Waals surface area (Å²) in [6, 6.07) is 14.3. The summed E-state index contributed by atoms with van der Waals surface area (Å²) in [4.78, 5) is 12.0. The molecule has 1 saturated heterocycles. The minimum atomic E-state index is -0.182. The van der Waals surface area contributed by atoms with Crippen molar-refractivity contribution < 1.29 is 9.47 Å². The van der Waals surface area contributed by atoms with E-state index in [-0.39, 0.29) is 11.8 Å². The van der Waals surface area contributed by atoms with Crippen molar-refractivity contribution in [1.29, 1.82) is 0 Å². The minimum absolute atomic E-state index is 0.110. The lowest BCUT2D eigenvalue weighted by molar-refractivity contribution is 0.0941. The van der Waals surface area contributed by atoms with Gasteiger partial charge in [-0.05, 0) is 35.7 Å². The number of benzene rings is 2. The summed E-state index contributed by atoms with van der Waals surface area (Å²) in [6.45, 7) is 1.88. The average Bonchev–Trinajstić information content (AvgIpc) is 3.30. The predicted molar refractivity (Wildman–Crippen MR) is 102 cm³/mol. The van der Waals surface area contributed by atoms with Crippen molar-refractivity contribution in [1.82, 2.24) is 14.8 Å². The molecule has 1 aromatic heterocycles. The zero-order chi connectivity index (χ0) is 17.8. The van der Waals surface area contributed by atoms with E-state index in [0.717, 1.165) is 30.6 Å². The van der Waals surface area contributed by atoms with Crippen molar-refractivity contribution in [2.45, 2.75) is 30.6 Å². The quantitative estimate of drug-likeness (QED) is 0.511. The van der Waals surface area contributed by atoms with Crippen LogP contribution in [0.2, 0.25) is 0 Å². The number of ether oxygens (including phenoxy) is 2. The third-order valence-electron chi connectivity index (χ3n) is 4.44. The molecule has 26 heavy (non-hydrogen) atoms. The highest BCUT2D eigenvalue weighted by Crippen LogP contribution is 2.22. The monoisotopic (exact) mass is 371 g/mol. The second-order valence-corrected chi connectivity index (χ2v) is 7.32. The molecule has 1 fully saturated rings. The maximum Gasteiger partial charge on any atom is 0.344 e. The molecular formula is C19H21N3O3S. The van der Waals surface area contributed by atoms with E-state index in [2.05, 4.69) is 28.4 Å². The Kier molecular flexibility index (Phi) is 5.26. The summed E-state index contributed by atoms with van der Waals surface area (Å²) >= 11 is 1.51. The van der Waals surface area contributed by atoms with Gasteiger partial charge in [-0.15, -0.1) is 5.10 Å². The summed E-state index contributed by atoms with van der Waals surface area (Å²) in [5.74, 6) is 1.56. The second kappa shape index (κ2) is 7.97. The number of aromatic nitrogens is 3. The van der Waals surface area contributed by atoms with Gasteiger partial charge in [-0.1, -0.05) is 42.1 Å². The molecule has 2 heterocycles. The first-order chi connectivity index (χ1) is 12.8. The molecule has 0 bridgehead atoms. The molecule has 1 aliphatic heterocycles. The van der Waals surface area contributed by atoms with Gasteiger partial charge < -0.3 is 9.47 Å². The number of hydrogen-bond donors (Lipinski definition) is 1. The summed E-state index contributed by atoms with van der Waals surface area (Å²) in [5.41, 5.74) is -0.182. The van der Waals surface area contributed by atoms with Crippen LogP contribution in [0, 0.1) is 0 Å². The topological polar surface area (TPSA) is 69.1 Å². The fourth-order valence-corrected chi connectivity index (χ4v) is 3.89. The summed E-state index contributed by atoms with van der Waals surface area (Å²) in [6.07, 6.45) is 2.16. The molecule has 1 aliphatic rings. The first kappa shape index (κ1) is 17.2. The van der Waals surface area contributed by atoms with Crippen LogP contribution in [0.1, 0.15) is 12.8 Å². The van der Waals surface area contributed by atoms with Gasteiger partial charge in [-0.3, -0.25) is 4.57 Å². The van der Waals surface area contributed by atoms with Crippen LogP contribution >= 0.6 is 11.8 Å². The maximum absolute atomic E-state index is 12.0. The third-order valence-corrected chi connectivity index (χ3v) is 5.38. The van der Waals surface area contributed by atoms with Crippen molar-refractivity contribution in [3.63, 3.8) is 0 Å². The van der Waals surface area contributed by atoms with E-state index in [1.807, 2.05) is 24.3 Å². The third kappa shape index (κ3) is 3.94. The molecule has 0 amide bonds. The SMILES string of the molecule is O=c1[nH]nc(SCCOc2ccc3ccccc3c2)n1CC1CCCO1. The van der Waals surface area contributed by atoms with Crippen LogP contribution in [0.5, 0.6) is 5.75 Å². The summed E-state index contributed by atoms with van der Waals surface area (Å²) in [5, 5.41) is 9.70. The molecule has 2 aromatic carbocycles. The molecule has 1 unspecified atom stereocenters. The largest absolute Gasteiger partial charge is 0.493 e. The Labute approximate surface area is 155 Å². The van der Waals surface area contributed by atoms with E-state index in [1.54, 1.807) is 4.57 Å². The number of nitrogens with one attached hydrogen (secondary N) is 1. The normalized spacial score (nSPS) is 17.0.